The SMILES string of the molecule is CN(CC(=O)O)C1CCCN(C(=O)c2ccc3ccc(Cl)cc3n2)CC1. The van der Waals surface area contributed by atoms with Gasteiger partial charge in [0, 0.05) is 29.5 Å². The van der Waals surface area contributed by atoms with Gasteiger partial charge in [-0.3, -0.25) is 14.5 Å². The average molecular weight is 376 g/mol. The number of benzene rings is 1. The van der Waals surface area contributed by atoms with Gasteiger partial charge in [0.05, 0.1) is 12.1 Å². The molecule has 1 fully saturated rings. The second-order valence-electron chi connectivity index (χ2n) is 6.72. The lowest BCUT2D eigenvalue weighted by Crippen LogP contribution is -2.37. The smallest absolute Gasteiger partial charge is 0.317 e. The number of fused-ring (bicyclic) bond motifs is 1. The molecule has 1 aliphatic heterocycles. The lowest BCUT2D eigenvalue weighted by molar-refractivity contribution is -0.138. The molecule has 1 aromatic carbocycles. The number of aliphatic carboxylic acids is 1. The van der Waals surface area contributed by atoms with Gasteiger partial charge in [-0.2, -0.15) is 0 Å². The summed E-state index contributed by atoms with van der Waals surface area (Å²) in [6, 6.07) is 9.24. The molecule has 26 heavy (non-hydrogen) atoms. The Hall–Kier alpha value is -2.18. The van der Waals surface area contributed by atoms with E-state index in [0.717, 1.165) is 24.6 Å². The van der Waals surface area contributed by atoms with Gasteiger partial charge in [-0.25, -0.2) is 4.98 Å². The quantitative estimate of drug-likeness (QED) is 0.889. The van der Waals surface area contributed by atoms with Crippen LogP contribution < -0.4 is 0 Å². The third-order valence-electron chi connectivity index (χ3n) is 4.87. The first-order valence-corrected chi connectivity index (χ1v) is 9.09. The monoisotopic (exact) mass is 375 g/mol. The lowest BCUT2D eigenvalue weighted by Gasteiger charge is -2.25. The number of likely N-dealkylation sites (N-methyl/N-ethyl adjacent to an activating group) is 1. The molecular weight excluding hydrogens is 354 g/mol. The fourth-order valence-corrected chi connectivity index (χ4v) is 3.60. The largest absolute Gasteiger partial charge is 0.480 e. The van der Waals surface area contributed by atoms with E-state index in [4.69, 9.17) is 16.7 Å². The molecule has 1 saturated heterocycles. The van der Waals surface area contributed by atoms with Crippen LogP contribution in [0.15, 0.2) is 30.3 Å². The van der Waals surface area contributed by atoms with Gasteiger partial charge in [0.25, 0.3) is 5.91 Å². The summed E-state index contributed by atoms with van der Waals surface area (Å²) in [5.41, 5.74) is 1.12. The fraction of sp³-hybridized carbons (Fsp3) is 0.421. The maximum absolute atomic E-state index is 12.9. The first-order chi connectivity index (χ1) is 12.4. The highest BCUT2D eigenvalue weighted by Crippen LogP contribution is 2.20. The number of carboxylic acids is 1. The number of amides is 1. The van der Waals surface area contributed by atoms with Crippen molar-refractivity contribution in [1.29, 1.82) is 0 Å². The molecule has 0 spiro atoms. The highest BCUT2D eigenvalue weighted by Gasteiger charge is 2.25. The first-order valence-electron chi connectivity index (χ1n) is 8.71. The summed E-state index contributed by atoms with van der Waals surface area (Å²) in [7, 11) is 1.82. The normalized spacial score (nSPS) is 18.1. The number of pyridine rings is 1. The molecule has 7 heteroatoms. The van der Waals surface area contributed by atoms with Gasteiger partial charge < -0.3 is 10.0 Å². The molecule has 1 aromatic heterocycles. The van der Waals surface area contributed by atoms with Gasteiger partial charge in [-0.15, -0.1) is 0 Å². The predicted molar refractivity (Wildman–Crippen MR) is 101 cm³/mol. The van der Waals surface area contributed by atoms with Gasteiger partial charge in [0.1, 0.15) is 5.69 Å². The number of hydrogen-bond acceptors (Lipinski definition) is 4. The van der Waals surface area contributed by atoms with Crippen LogP contribution in [-0.4, -0.2) is 64.5 Å². The number of carbonyl (C=O) groups excluding carboxylic acids is 1. The number of halogens is 1. The second kappa shape index (κ2) is 8.01. The molecule has 2 aromatic rings. The summed E-state index contributed by atoms with van der Waals surface area (Å²) in [6.45, 7) is 1.28. The van der Waals surface area contributed by atoms with E-state index in [2.05, 4.69) is 4.98 Å². The average Bonchev–Trinajstić information content (AvgIpc) is 2.86. The molecule has 0 bridgehead atoms. The Morgan fingerprint density at radius 2 is 2.04 bits per heavy atom. The molecular formula is C19H22ClN3O3. The molecule has 0 radical (unpaired) electrons. The molecule has 1 N–H and O–H groups in total. The Morgan fingerprint density at radius 1 is 1.27 bits per heavy atom. The minimum atomic E-state index is -0.830. The van der Waals surface area contributed by atoms with Gasteiger partial charge in [-0.1, -0.05) is 23.7 Å². The van der Waals surface area contributed by atoms with Gasteiger partial charge in [-0.05, 0) is 44.5 Å². The minimum absolute atomic E-state index is 0.0194. The van der Waals surface area contributed by atoms with Crippen molar-refractivity contribution in [2.24, 2.45) is 0 Å². The van der Waals surface area contributed by atoms with E-state index in [9.17, 15) is 9.59 Å². The molecule has 0 aliphatic carbocycles. The first kappa shape index (κ1) is 18.6. The van der Waals surface area contributed by atoms with E-state index in [1.54, 1.807) is 18.2 Å². The zero-order valence-electron chi connectivity index (χ0n) is 14.7. The summed E-state index contributed by atoms with van der Waals surface area (Å²) in [5, 5.41) is 10.5. The second-order valence-corrected chi connectivity index (χ2v) is 7.16. The van der Waals surface area contributed by atoms with Crippen LogP contribution >= 0.6 is 11.6 Å². The molecule has 3 rings (SSSR count). The zero-order chi connectivity index (χ0) is 18.7. The summed E-state index contributed by atoms with van der Waals surface area (Å²) >= 11 is 6.02. The van der Waals surface area contributed by atoms with Crippen LogP contribution in [0.3, 0.4) is 0 Å². The van der Waals surface area contributed by atoms with E-state index >= 15 is 0 Å². The van der Waals surface area contributed by atoms with E-state index in [-0.39, 0.29) is 18.5 Å². The van der Waals surface area contributed by atoms with Crippen molar-refractivity contribution in [2.45, 2.75) is 25.3 Å². The third-order valence-corrected chi connectivity index (χ3v) is 5.10. The van der Waals surface area contributed by atoms with Crippen molar-refractivity contribution < 1.29 is 14.7 Å². The number of likely N-dealkylation sites (tertiary alicyclic amines) is 1. The fourth-order valence-electron chi connectivity index (χ4n) is 3.44. The van der Waals surface area contributed by atoms with Crippen molar-refractivity contribution in [3.05, 3.63) is 41.0 Å². The molecule has 1 aliphatic rings. The Morgan fingerprint density at radius 3 is 2.81 bits per heavy atom. The number of hydrogen-bond donors (Lipinski definition) is 1. The number of aromatic nitrogens is 1. The number of carbonyl (C=O) groups is 2. The highest BCUT2D eigenvalue weighted by atomic mass is 35.5. The Bertz CT molecular complexity index is 827. The number of nitrogens with zero attached hydrogens (tertiary/aromatic N) is 3. The van der Waals surface area contributed by atoms with E-state index in [1.807, 2.05) is 29.0 Å². The standard InChI is InChI=1S/C19H22ClN3O3/c1-22(12-18(24)25)15-3-2-9-23(10-8-15)19(26)16-7-5-13-4-6-14(20)11-17(13)21-16/h4-7,11,15H,2-3,8-10,12H2,1H3,(H,24,25). The Labute approximate surface area is 157 Å². The summed E-state index contributed by atoms with van der Waals surface area (Å²) in [4.78, 5) is 31.9. The summed E-state index contributed by atoms with van der Waals surface area (Å²) in [6.07, 6.45) is 2.49. The van der Waals surface area contributed by atoms with E-state index < -0.39 is 5.97 Å². The zero-order valence-corrected chi connectivity index (χ0v) is 15.4. The van der Waals surface area contributed by atoms with Crippen LogP contribution in [0.2, 0.25) is 5.02 Å². The topological polar surface area (TPSA) is 73.7 Å². The number of rotatable bonds is 4. The minimum Gasteiger partial charge on any atom is -0.480 e. The predicted octanol–water partition coefficient (Wildman–Crippen LogP) is 2.90. The third kappa shape index (κ3) is 4.31. The van der Waals surface area contributed by atoms with Crippen molar-refractivity contribution in [3.8, 4) is 0 Å². The Balaban J connectivity index is 1.71. The molecule has 0 saturated carbocycles. The molecule has 138 valence electrons. The van der Waals surface area contributed by atoms with Crippen LogP contribution in [0.25, 0.3) is 10.9 Å². The highest BCUT2D eigenvalue weighted by molar-refractivity contribution is 6.31. The van der Waals surface area contributed by atoms with E-state index in [0.29, 0.717) is 29.3 Å². The maximum atomic E-state index is 12.9. The summed E-state index contributed by atoms with van der Waals surface area (Å²) < 4.78 is 0. The van der Waals surface area contributed by atoms with Gasteiger partial charge in [0.15, 0.2) is 0 Å². The maximum Gasteiger partial charge on any atom is 0.317 e. The molecule has 1 amide bonds. The van der Waals surface area contributed by atoms with E-state index in [1.165, 1.54) is 0 Å². The van der Waals surface area contributed by atoms with Crippen LogP contribution in [0, 0.1) is 0 Å². The van der Waals surface area contributed by atoms with Crippen molar-refractivity contribution >= 4 is 34.4 Å². The van der Waals surface area contributed by atoms with Crippen molar-refractivity contribution in [2.75, 3.05) is 26.7 Å². The lowest BCUT2D eigenvalue weighted by atomic mass is 10.1. The van der Waals surface area contributed by atoms with Gasteiger partial charge >= 0.3 is 5.97 Å². The van der Waals surface area contributed by atoms with Crippen LogP contribution in [0.1, 0.15) is 29.8 Å². The van der Waals surface area contributed by atoms with Crippen LogP contribution in [0.4, 0.5) is 0 Å². The van der Waals surface area contributed by atoms with Crippen molar-refractivity contribution in [1.82, 2.24) is 14.8 Å². The molecule has 1 unspecified atom stereocenters. The number of carboxylic acid groups (broad SMARTS) is 1. The molecule has 6 nitrogen and oxygen atoms in total. The van der Waals surface area contributed by atoms with Crippen LogP contribution in [-0.2, 0) is 4.79 Å². The summed E-state index contributed by atoms with van der Waals surface area (Å²) in [5.74, 6) is -0.919. The van der Waals surface area contributed by atoms with Crippen LogP contribution in [0.5, 0.6) is 0 Å². The Kier molecular flexibility index (Phi) is 5.74. The molecule has 2 heterocycles. The molecule has 1 atom stereocenters. The van der Waals surface area contributed by atoms with Gasteiger partial charge in [0.2, 0.25) is 0 Å². The van der Waals surface area contributed by atoms with Crippen molar-refractivity contribution in [3.63, 3.8) is 0 Å².